The summed E-state index contributed by atoms with van der Waals surface area (Å²) in [6.07, 6.45) is 4.98. The minimum absolute atomic E-state index is 0.972. The van der Waals surface area contributed by atoms with Crippen molar-refractivity contribution in [3.63, 3.8) is 0 Å². The summed E-state index contributed by atoms with van der Waals surface area (Å²) >= 11 is 0. The van der Waals surface area contributed by atoms with Gasteiger partial charge in [0.2, 0.25) is 0 Å². The molecule has 0 unspecified atom stereocenters. The first-order valence-electron chi connectivity index (χ1n) is 2.41. The van der Waals surface area contributed by atoms with Gasteiger partial charge in [0, 0.05) is 12.1 Å². The van der Waals surface area contributed by atoms with Crippen LogP contribution in [0.3, 0.4) is 0 Å². The van der Waals surface area contributed by atoms with Crippen LogP contribution in [-0.4, -0.2) is 0 Å². The Morgan fingerprint density at radius 3 is 2.43 bits per heavy atom. The van der Waals surface area contributed by atoms with Crippen LogP contribution >= 0.6 is 0 Å². The highest BCUT2D eigenvalue weighted by Crippen LogP contribution is 2.12. The van der Waals surface area contributed by atoms with E-state index < -0.39 is 0 Å². The third-order valence-electron chi connectivity index (χ3n) is 1.06. The van der Waals surface area contributed by atoms with Crippen LogP contribution in [0.2, 0.25) is 0 Å². The van der Waals surface area contributed by atoms with Crippen LogP contribution in [0.5, 0.6) is 0 Å². The minimum Gasteiger partial charge on any atom is -0.402 e. The minimum atomic E-state index is 0.972. The average Bonchev–Trinajstić information content (AvgIpc) is 1.87. The molecule has 0 bridgehead atoms. The van der Waals surface area contributed by atoms with Crippen molar-refractivity contribution in [1.82, 2.24) is 0 Å². The van der Waals surface area contributed by atoms with E-state index >= 15 is 0 Å². The Bertz CT molecular complexity index is 115. The maximum absolute atomic E-state index is 5.43. The smallest absolute Gasteiger partial charge is 0.0122 e. The Morgan fingerprint density at radius 1 is 1.57 bits per heavy atom. The zero-order valence-corrected chi connectivity index (χ0v) is 4.44. The molecule has 1 aliphatic carbocycles. The van der Waals surface area contributed by atoms with E-state index in [1.54, 1.807) is 0 Å². The molecule has 1 rings (SSSR count). The van der Waals surface area contributed by atoms with Crippen LogP contribution < -0.4 is 5.73 Å². The lowest BCUT2D eigenvalue weighted by molar-refractivity contribution is 1.12. The first-order valence-corrected chi connectivity index (χ1v) is 2.41. The summed E-state index contributed by atoms with van der Waals surface area (Å²) in [5, 5.41) is 0. The lowest BCUT2D eigenvalue weighted by Crippen LogP contribution is -1.91. The zero-order chi connectivity index (χ0) is 5.28. The van der Waals surface area contributed by atoms with Crippen LogP contribution in [0.15, 0.2) is 23.4 Å². The first-order chi connectivity index (χ1) is 3.29. The fourth-order valence-electron chi connectivity index (χ4n) is 0.689. The molecule has 0 aromatic heterocycles. The number of rotatable bonds is 0. The molecule has 0 heterocycles. The van der Waals surface area contributed by atoms with Gasteiger partial charge >= 0.3 is 0 Å². The Labute approximate surface area is 43.5 Å². The molecule has 1 nitrogen and oxygen atoms in total. The second-order valence-electron chi connectivity index (χ2n) is 1.93. The molecule has 7 heavy (non-hydrogen) atoms. The molecule has 0 radical (unpaired) electrons. The fraction of sp³-hybridized carbons (Fsp3) is 0.333. The van der Waals surface area contributed by atoms with Crippen LogP contribution in [0.25, 0.3) is 0 Å². The van der Waals surface area contributed by atoms with E-state index in [0.29, 0.717) is 0 Å². The maximum atomic E-state index is 5.43. The van der Waals surface area contributed by atoms with Crippen molar-refractivity contribution in [3.8, 4) is 0 Å². The molecule has 0 saturated carbocycles. The van der Waals surface area contributed by atoms with Gasteiger partial charge < -0.3 is 5.73 Å². The van der Waals surface area contributed by atoms with E-state index in [1.165, 1.54) is 5.57 Å². The second kappa shape index (κ2) is 1.41. The molecule has 0 fully saturated rings. The topological polar surface area (TPSA) is 26.0 Å². The van der Waals surface area contributed by atoms with Crippen molar-refractivity contribution in [2.45, 2.75) is 13.3 Å². The van der Waals surface area contributed by atoms with Crippen LogP contribution in [0, 0.1) is 0 Å². The summed E-state index contributed by atoms with van der Waals surface area (Å²) in [5.74, 6) is 0. The third-order valence-corrected chi connectivity index (χ3v) is 1.06. The Kier molecular flexibility index (Phi) is 0.895. The zero-order valence-electron chi connectivity index (χ0n) is 4.44. The van der Waals surface area contributed by atoms with Gasteiger partial charge in [-0.2, -0.15) is 0 Å². The van der Waals surface area contributed by atoms with Crippen LogP contribution in [-0.2, 0) is 0 Å². The van der Waals surface area contributed by atoms with Gasteiger partial charge in [-0.3, -0.25) is 0 Å². The molecular formula is C6H9N. The van der Waals surface area contributed by atoms with E-state index in [1.807, 2.05) is 6.08 Å². The molecule has 1 heteroatoms. The van der Waals surface area contributed by atoms with Crippen molar-refractivity contribution in [1.29, 1.82) is 0 Å². The average molecular weight is 95.1 g/mol. The van der Waals surface area contributed by atoms with Crippen LogP contribution in [0.1, 0.15) is 13.3 Å². The van der Waals surface area contributed by atoms with Crippen molar-refractivity contribution in [2.75, 3.05) is 0 Å². The number of allylic oxidation sites excluding steroid dienone is 3. The molecule has 0 aliphatic heterocycles. The molecule has 2 N–H and O–H groups in total. The molecule has 38 valence electrons. The highest BCUT2D eigenvalue weighted by molar-refractivity contribution is 5.26. The number of hydrogen-bond acceptors (Lipinski definition) is 1. The number of nitrogens with two attached hydrogens (primary N) is 1. The highest BCUT2D eigenvalue weighted by atomic mass is 14.6. The summed E-state index contributed by atoms with van der Waals surface area (Å²) in [6.45, 7) is 2.08. The highest BCUT2D eigenvalue weighted by Gasteiger charge is 1.96. The Balaban J connectivity index is 2.61. The Hall–Kier alpha value is -0.720. The molecule has 0 amide bonds. The quantitative estimate of drug-likeness (QED) is 0.480. The molecule has 1 aliphatic rings. The molecule has 0 aromatic carbocycles. The van der Waals surface area contributed by atoms with Gasteiger partial charge in [0.1, 0.15) is 0 Å². The molecule has 0 spiro atoms. The lowest BCUT2D eigenvalue weighted by atomic mass is 10.2. The SMILES string of the molecule is CC1=CC=C(N)C1. The van der Waals surface area contributed by atoms with E-state index in [-0.39, 0.29) is 0 Å². The van der Waals surface area contributed by atoms with Gasteiger partial charge in [-0.15, -0.1) is 0 Å². The van der Waals surface area contributed by atoms with Gasteiger partial charge in [0.05, 0.1) is 0 Å². The molecular weight excluding hydrogens is 86.1 g/mol. The Morgan fingerprint density at radius 2 is 2.29 bits per heavy atom. The fourth-order valence-corrected chi connectivity index (χ4v) is 0.689. The van der Waals surface area contributed by atoms with Gasteiger partial charge in [-0.1, -0.05) is 11.6 Å². The summed E-state index contributed by atoms with van der Waals surface area (Å²) in [6, 6.07) is 0. The molecule has 0 aromatic rings. The second-order valence-corrected chi connectivity index (χ2v) is 1.93. The van der Waals surface area contributed by atoms with E-state index in [9.17, 15) is 0 Å². The molecule has 0 atom stereocenters. The van der Waals surface area contributed by atoms with Crippen molar-refractivity contribution >= 4 is 0 Å². The molecule has 0 saturated heterocycles. The van der Waals surface area contributed by atoms with Crippen molar-refractivity contribution < 1.29 is 0 Å². The summed E-state index contributed by atoms with van der Waals surface area (Å²) < 4.78 is 0. The third kappa shape index (κ3) is 0.829. The van der Waals surface area contributed by atoms with Crippen molar-refractivity contribution in [2.24, 2.45) is 5.73 Å². The van der Waals surface area contributed by atoms with Gasteiger partial charge in [-0.25, -0.2) is 0 Å². The van der Waals surface area contributed by atoms with Gasteiger partial charge in [-0.05, 0) is 13.0 Å². The van der Waals surface area contributed by atoms with Gasteiger partial charge in [0.25, 0.3) is 0 Å². The monoisotopic (exact) mass is 95.1 g/mol. The largest absolute Gasteiger partial charge is 0.402 e. The van der Waals surface area contributed by atoms with Crippen LogP contribution in [0.4, 0.5) is 0 Å². The van der Waals surface area contributed by atoms with E-state index in [4.69, 9.17) is 5.73 Å². The predicted octanol–water partition coefficient (Wildman–Crippen LogP) is 1.18. The van der Waals surface area contributed by atoms with E-state index in [0.717, 1.165) is 12.1 Å². The maximum Gasteiger partial charge on any atom is 0.0122 e. The lowest BCUT2D eigenvalue weighted by Gasteiger charge is -1.88. The summed E-state index contributed by atoms with van der Waals surface area (Å²) in [7, 11) is 0. The standard InChI is InChI=1S/C6H9N/c1-5-2-3-6(7)4-5/h2-3H,4,7H2,1H3. The first kappa shape index (κ1) is 4.44. The van der Waals surface area contributed by atoms with Gasteiger partial charge in [0.15, 0.2) is 0 Å². The normalized spacial score (nSPS) is 19.0. The predicted molar refractivity (Wildman–Crippen MR) is 30.6 cm³/mol. The summed E-state index contributed by atoms with van der Waals surface area (Å²) in [5.41, 5.74) is 7.78. The van der Waals surface area contributed by atoms with E-state index in [2.05, 4.69) is 13.0 Å². The number of hydrogen-bond donors (Lipinski definition) is 1. The summed E-state index contributed by atoms with van der Waals surface area (Å²) in [4.78, 5) is 0. The van der Waals surface area contributed by atoms with Crippen molar-refractivity contribution in [3.05, 3.63) is 23.4 Å².